The monoisotopic (exact) mass is 397 g/mol. The highest BCUT2D eigenvalue weighted by atomic mass is 16.5. The molecule has 1 N–H and O–H groups in total. The molecular formula is C22H31N5O2. The zero-order valence-corrected chi connectivity index (χ0v) is 17.4. The van der Waals surface area contributed by atoms with E-state index in [1.807, 2.05) is 6.21 Å². The Bertz CT molecular complexity index is 817. The maximum Gasteiger partial charge on any atom is 0.134 e. The summed E-state index contributed by atoms with van der Waals surface area (Å²) in [7, 11) is 3.42. The average Bonchev–Trinajstić information content (AvgIpc) is 3.15. The lowest BCUT2D eigenvalue weighted by Crippen LogP contribution is -2.45. The van der Waals surface area contributed by atoms with Crippen molar-refractivity contribution in [1.82, 2.24) is 14.8 Å². The maximum atomic E-state index is 5.69. The van der Waals surface area contributed by atoms with Crippen molar-refractivity contribution < 1.29 is 9.47 Å². The summed E-state index contributed by atoms with van der Waals surface area (Å²) in [5.74, 6) is 0.860. The lowest BCUT2D eigenvalue weighted by Gasteiger charge is -2.36. The van der Waals surface area contributed by atoms with Crippen molar-refractivity contribution in [1.29, 1.82) is 0 Å². The number of fused-ring (bicyclic) bond motifs is 1. The van der Waals surface area contributed by atoms with Gasteiger partial charge in [-0.05, 0) is 24.2 Å². The molecule has 1 aliphatic rings. The van der Waals surface area contributed by atoms with Gasteiger partial charge in [0.15, 0.2) is 0 Å². The Morgan fingerprint density at radius 3 is 2.69 bits per heavy atom. The first-order chi connectivity index (χ1) is 14.2. The summed E-state index contributed by atoms with van der Waals surface area (Å²) in [4.78, 5) is 16.7. The largest absolute Gasteiger partial charge is 0.382 e. The number of H-pyrrole nitrogens is 1. The van der Waals surface area contributed by atoms with Crippen LogP contribution in [-0.4, -0.2) is 87.9 Å². The van der Waals surface area contributed by atoms with Crippen LogP contribution >= 0.6 is 0 Å². The van der Waals surface area contributed by atoms with Crippen molar-refractivity contribution >= 4 is 23.8 Å². The van der Waals surface area contributed by atoms with Gasteiger partial charge in [0.25, 0.3) is 0 Å². The molecule has 29 heavy (non-hydrogen) atoms. The van der Waals surface area contributed by atoms with Crippen LogP contribution in [0, 0.1) is 0 Å². The second-order valence-electron chi connectivity index (χ2n) is 7.08. The number of aromatic amines is 1. The molecule has 1 aromatic carbocycles. The third kappa shape index (κ3) is 5.76. The van der Waals surface area contributed by atoms with E-state index in [9.17, 15) is 0 Å². The molecule has 0 unspecified atom stereocenters. The molecule has 0 amide bonds. The van der Waals surface area contributed by atoms with Crippen molar-refractivity contribution in [2.45, 2.75) is 6.54 Å². The summed E-state index contributed by atoms with van der Waals surface area (Å²) in [6, 6.07) is 10.6. The van der Waals surface area contributed by atoms with Crippen LogP contribution in [0.2, 0.25) is 0 Å². The maximum absolute atomic E-state index is 5.69. The third-order valence-corrected chi connectivity index (χ3v) is 5.06. The minimum absolute atomic E-state index is 0.449. The first-order valence-electron chi connectivity index (χ1n) is 9.97. The van der Waals surface area contributed by atoms with Crippen LogP contribution in [-0.2, 0) is 16.0 Å². The summed E-state index contributed by atoms with van der Waals surface area (Å²) >= 11 is 0. The van der Waals surface area contributed by atoms with E-state index < -0.39 is 0 Å². The van der Waals surface area contributed by atoms with Gasteiger partial charge in [-0.15, -0.1) is 0 Å². The number of aromatic nitrogens is 1. The lowest BCUT2D eigenvalue weighted by atomic mass is 10.2. The van der Waals surface area contributed by atoms with Crippen molar-refractivity contribution in [2.75, 3.05) is 60.2 Å². The van der Waals surface area contributed by atoms with Gasteiger partial charge in [-0.1, -0.05) is 18.2 Å². The Kier molecular flexibility index (Phi) is 7.98. The predicted octanol–water partition coefficient (Wildman–Crippen LogP) is 2.56. The molecule has 3 rings (SSSR count). The van der Waals surface area contributed by atoms with Gasteiger partial charge < -0.3 is 19.4 Å². The molecule has 1 saturated heterocycles. The van der Waals surface area contributed by atoms with Gasteiger partial charge in [0, 0.05) is 69.9 Å². The third-order valence-electron chi connectivity index (χ3n) is 5.06. The molecular weight excluding hydrogens is 366 g/mol. The Labute approximate surface area is 172 Å². The van der Waals surface area contributed by atoms with E-state index in [-0.39, 0.29) is 0 Å². The van der Waals surface area contributed by atoms with Gasteiger partial charge in [-0.3, -0.25) is 9.89 Å². The minimum Gasteiger partial charge on any atom is -0.382 e. The second kappa shape index (κ2) is 10.9. The molecule has 0 aliphatic carbocycles. The van der Waals surface area contributed by atoms with Crippen LogP contribution in [0.15, 0.2) is 51.7 Å². The molecule has 0 spiro atoms. The first kappa shape index (κ1) is 21.2. The van der Waals surface area contributed by atoms with E-state index in [0.29, 0.717) is 19.8 Å². The quantitative estimate of drug-likeness (QED) is 0.494. The molecule has 7 nitrogen and oxygen atoms in total. The van der Waals surface area contributed by atoms with E-state index in [4.69, 9.17) is 9.47 Å². The van der Waals surface area contributed by atoms with E-state index in [0.717, 1.165) is 44.1 Å². The number of rotatable bonds is 10. The number of piperazine rings is 1. The smallest absolute Gasteiger partial charge is 0.134 e. The standard InChI is InChI=1S/C22H31N5O2/c1-23-15-19(17-29-13-12-28-3)22(24-2)27-10-8-26(9-11-27)16-20-14-18-6-4-5-7-21(18)25-20/h4-7,14-15,25H,2,8-13,16-17H2,1,3H3/b22-19-,23-15-. The number of nitrogens with zero attached hydrogens (tertiary/aromatic N) is 4. The summed E-state index contributed by atoms with van der Waals surface area (Å²) in [6.07, 6.45) is 1.81. The Balaban J connectivity index is 1.59. The van der Waals surface area contributed by atoms with Gasteiger partial charge >= 0.3 is 0 Å². The van der Waals surface area contributed by atoms with Crippen LogP contribution in [0.5, 0.6) is 0 Å². The van der Waals surface area contributed by atoms with Gasteiger partial charge in [-0.25, -0.2) is 4.99 Å². The van der Waals surface area contributed by atoms with Gasteiger partial charge in [0.2, 0.25) is 0 Å². The molecule has 1 aliphatic heterocycles. The lowest BCUT2D eigenvalue weighted by molar-refractivity contribution is 0.0823. The highest BCUT2D eigenvalue weighted by molar-refractivity contribution is 5.80. The molecule has 0 atom stereocenters. The number of methoxy groups -OCH3 is 1. The first-order valence-corrected chi connectivity index (χ1v) is 9.97. The van der Waals surface area contributed by atoms with Crippen LogP contribution in [0.25, 0.3) is 10.9 Å². The van der Waals surface area contributed by atoms with Crippen LogP contribution in [0.3, 0.4) is 0 Å². The van der Waals surface area contributed by atoms with Crippen molar-refractivity contribution in [3.8, 4) is 0 Å². The fraction of sp³-hybridized carbons (Fsp3) is 0.455. The fourth-order valence-electron chi connectivity index (χ4n) is 3.62. The summed E-state index contributed by atoms with van der Waals surface area (Å²) in [5.41, 5.74) is 3.39. The molecule has 0 bridgehead atoms. The number of aliphatic imine (C=N–C) groups is 2. The summed E-state index contributed by atoms with van der Waals surface area (Å²) in [5, 5.41) is 1.26. The highest BCUT2D eigenvalue weighted by Gasteiger charge is 2.21. The van der Waals surface area contributed by atoms with E-state index in [1.165, 1.54) is 16.6 Å². The second-order valence-corrected chi connectivity index (χ2v) is 7.08. The van der Waals surface area contributed by atoms with E-state index in [1.54, 1.807) is 14.2 Å². The summed E-state index contributed by atoms with van der Waals surface area (Å²) in [6.45, 7) is 10.00. The number of nitrogens with one attached hydrogen (secondary N) is 1. The van der Waals surface area contributed by atoms with Gasteiger partial charge in [-0.2, -0.15) is 0 Å². The number of ether oxygens (including phenoxy) is 2. The number of hydrogen-bond donors (Lipinski definition) is 1. The predicted molar refractivity (Wildman–Crippen MR) is 119 cm³/mol. The minimum atomic E-state index is 0.449. The number of benzene rings is 1. The molecule has 0 radical (unpaired) electrons. The molecule has 156 valence electrons. The zero-order chi connectivity index (χ0) is 20.5. The molecule has 1 fully saturated rings. The number of para-hydroxylation sites is 1. The average molecular weight is 398 g/mol. The fourth-order valence-corrected chi connectivity index (χ4v) is 3.62. The SMILES string of the molecule is C=N/C(=C(\C=N/C)COCCOC)N1CCN(Cc2cc3ccccc3[nH]2)CC1. The summed E-state index contributed by atoms with van der Waals surface area (Å²) < 4.78 is 10.7. The van der Waals surface area contributed by atoms with Crippen LogP contribution in [0.1, 0.15) is 5.69 Å². The Morgan fingerprint density at radius 2 is 2.00 bits per heavy atom. The van der Waals surface area contributed by atoms with Crippen LogP contribution in [0.4, 0.5) is 0 Å². The van der Waals surface area contributed by atoms with Crippen LogP contribution < -0.4 is 0 Å². The van der Waals surface area contributed by atoms with Gasteiger partial charge in [0.1, 0.15) is 5.82 Å². The zero-order valence-electron chi connectivity index (χ0n) is 17.4. The normalized spacial score (nSPS) is 16.6. The Hall–Kier alpha value is -2.48. The topological polar surface area (TPSA) is 65.5 Å². The molecule has 2 aromatic rings. The van der Waals surface area contributed by atoms with Gasteiger partial charge in [0.05, 0.1) is 19.8 Å². The van der Waals surface area contributed by atoms with E-state index in [2.05, 4.69) is 61.8 Å². The Morgan fingerprint density at radius 1 is 1.21 bits per heavy atom. The van der Waals surface area contributed by atoms with Crippen molar-refractivity contribution in [3.05, 3.63) is 47.4 Å². The van der Waals surface area contributed by atoms with Crippen molar-refractivity contribution in [3.63, 3.8) is 0 Å². The molecule has 2 heterocycles. The molecule has 7 heteroatoms. The number of hydrogen-bond acceptors (Lipinski definition) is 6. The van der Waals surface area contributed by atoms with Crippen molar-refractivity contribution in [2.24, 2.45) is 9.98 Å². The highest BCUT2D eigenvalue weighted by Crippen LogP contribution is 2.19. The van der Waals surface area contributed by atoms with E-state index >= 15 is 0 Å². The molecule has 1 aromatic heterocycles. The molecule has 0 saturated carbocycles.